The molecule has 1 aromatic carbocycles. The zero-order valence-electron chi connectivity index (χ0n) is 20.7. The summed E-state index contributed by atoms with van der Waals surface area (Å²) in [7, 11) is 0. The van der Waals surface area contributed by atoms with Crippen molar-refractivity contribution >= 4 is 0 Å². The first kappa shape index (κ1) is 20.8. The first-order chi connectivity index (χ1) is 16.7. The van der Waals surface area contributed by atoms with Gasteiger partial charge in [0, 0.05) is 48.1 Å². The fourth-order valence-corrected chi connectivity index (χ4v) is 9.80. The van der Waals surface area contributed by atoms with Crippen LogP contribution in [0, 0.1) is 11.3 Å². The molecule has 2 saturated carbocycles. The number of aromatic hydroxyl groups is 1. The molecule has 8 aliphatic rings. The predicted molar refractivity (Wildman–Crippen MR) is 133 cm³/mol. The van der Waals surface area contributed by atoms with Crippen LogP contribution >= 0.6 is 0 Å². The molecule has 4 bridgehead atoms. The smallest absolute Gasteiger partial charge is 0.165 e. The highest BCUT2D eigenvalue weighted by Crippen LogP contribution is 2.71. The van der Waals surface area contributed by atoms with Crippen LogP contribution in [0.5, 0.6) is 11.5 Å². The van der Waals surface area contributed by atoms with Crippen LogP contribution in [0.25, 0.3) is 0 Å². The summed E-state index contributed by atoms with van der Waals surface area (Å²) in [5.74, 6) is 2.20. The number of fused-ring (bicyclic) bond motifs is 3. The number of hydrogen-bond acceptors (Lipinski definition) is 5. The van der Waals surface area contributed by atoms with Crippen molar-refractivity contribution in [1.29, 1.82) is 0 Å². The van der Waals surface area contributed by atoms with Crippen molar-refractivity contribution in [3.63, 3.8) is 0 Å². The minimum Gasteiger partial charge on any atom is -0.504 e. The van der Waals surface area contributed by atoms with Gasteiger partial charge in [0.05, 0.1) is 0 Å². The molecule has 0 unspecified atom stereocenters. The second-order valence-electron chi connectivity index (χ2n) is 12.8. The molecule has 9 rings (SSSR count). The van der Waals surface area contributed by atoms with Gasteiger partial charge >= 0.3 is 0 Å². The summed E-state index contributed by atoms with van der Waals surface area (Å²) in [4.78, 5) is 8.47. The first-order valence-corrected chi connectivity index (χ1v) is 14.4. The lowest BCUT2D eigenvalue weighted by atomic mass is 9.42. The molecule has 1 aromatic rings. The standard InChI is InChI=1S/C29H41N3O2/c33-23-7-6-21-18-24-28-9-8-22(31(14-10-28)17-16-30-12-2-1-3-13-30)27-29(28,25(21)26(23)34-27)11-15-32(24)19-20-4-5-20/h6-7,20,22,24,27,33H,1-5,8-19H2/t22-,24-,27+,28-,29+/m1/s1. The van der Waals surface area contributed by atoms with Crippen molar-refractivity contribution in [2.45, 2.75) is 87.8 Å². The maximum atomic E-state index is 10.9. The molecule has 5 atom stereocenters. The predicted octanol–water partition coefficient (Wildman–Crippen LogP) is 3.77. The molecule has 4 saturated heterocycles. The third-order valence-electron chi connectivity index (χ3n) is 11.5. The number of ether oxygens (including phenoxy) is 1. The zero-order valence-corrected chi connectivity index (χ0v) is 20.7. The van der Waals surface area contributed by atoms with Gasteiger partial charge in [0.1, 0.15) is 6.10 Å². The highest BCUT2D eigenvalue weighted by molar-refractivity contribution is 5.62. The van der Waals surface area contributed by atoms with E-state index in [1.54, 1.807) is 0 Å². The molecule has 6 fully saturated rings. The number of phenolic OH excluding ortho intramolecular Hbond substituents is 1. The quantitative estimate of drug-likeness (QED) is 0.720. The molecule has 0 amide bonds. The van der Waals surface area contributed by atoms with Gasteiger partial charge in [-0.05, 0) is 102 Å². The zero-order chi connectivity index (χ0) is 22.5. The first-order valence-electron chi connectivity index (χ1n) is 14.4. The van der Waals surface area contributed by atoms with Gasteiger partial charge < -0.3 is 14.7 Å². The maximum Gasteiger partial charge on any atom is 0.165 e. The molecule has 5 nitrogen and oxygen atoms in total. The molecule has 0 radical (unpaired) electrons. The highest BCUT2D eigenvalue weighted by atomic mass is 16.5. The van der Waals surface area contributed by atoms with Crippen LogP contribution < -0.4 is 4.74 Å². The maximum absolute atomic E-state index is 10.9. The lowest BCUT2D eigenvalue weighted by molar-refractivity contribution is -0.130. The van der Waals surface area contributed by atoms with E-state index < -0.39 is 0 Å². The minimum atomic E-state index is 0.113. The number of piperidine rings is 2. The third-order valence-corrected chi connectivity index (χ3v) is 11.5. The Kier molecular flexibility index (Phi) is 4.52. The van der Waals surface area contributed by atoms with Gasteiger partial charge in [-0.15, -0.1) is 0 Å². The van der Waals surface area contributed by atoms with E-state index in [9.17, 15) is 5.11 Å². The van der Waals surface area contributed by atoms with Crippen LogP contribution in [0.3, 0.4) is 0 Å². The summed E-state index contributed by atoms with van der Waals surface area (Å²) < 4.78 is 6.95. The minimum absolute atomic E-state index is 0.113. The lowest BCUT2D eigenvalue weighted by Crippen LogP contribution is -2.72. The van der Waals surface area contributed by atoms with Crippen LogP contribution in [0.2, 0.25) is 0 Å². The molecule has 5 heteroatoms. The van der Waals surface area contributed by atoms with E-state index in [1.807, 2.05) is 6.07 Å². The third kappa shape index (κ3) is 2.67. The van der Waals surface area contributed by atoms with Crippen molar-refractivity contribution < 1.29 is 9.84 Å². The number of hydrogen-bond donors (Lipinski definition) is 1. The Morgan fingerprint density at radius 3 is 2.62 bits per heavy atom. The number of phenols is 1. The van der Waals surface area contributed by atoms with Gasteiger partial charge in [0.15, 0.2) is 11.5 Å². The Bertz CT molecular complexity index is 988. The van der Waals surface area contributed by atoms with Crippen molar-refractivity contribution in [1.82, 2.24) is 14.7 Å². The van der Waals surface area contributed by atoms with Crippen LogP contribution in [-0.2, 0) is 11.8 Å². The van der Waals surface area contributed by atoms with E-state index in [-0.39, 0.29) is 11.5 Å². The van der Waals surface area contributed by atoms with Crippen molar-refractivity contribution in [2.75, 3.05) is 45.8 Å². The number of benzene rings is 1. The van der Waals surface area contributed by atoms with E-state index >= 15 is 0 Å². The fourth-order valence-electron chi connectivity index (χ4n) is 9.80. The van der Waals surface area contributed by atoms with Crippen LogP contribution in [0.1, 0.15) is 68.9 Å². The monoisotopic (exact) mass is 463 g/mol. The second kappa shape index (κ2) is 7.36. The Hall–Kier alpha value is -1.30. The Balaban J connectivity index is 1.19. The summed E-state index contributed by atoms with van der Waals surface area (Å²) in [6.45, 7) is 8.73. The van der Waals surface area contributed by atoms with Gasteiger partial charge in [-0.1, -0.05) is 12.5 Å². The summed E-state index contributed by atoms with van der Waals surface area (Å²) in [5.41, 5.74) is 3.36. The second-order valence-corrected chi connectivity index (χ2v) is 12.8. The van der Waals surface area contributed by atoms with Crippen LogP contribution in [0.15, 0.2) is 12.1 Å². The summed E-state index contributed by atoms with van der Waals surface area (Å²) in [6, 6.07) is 5.31. The van der Waals surface area contributed by atoms with Gasteiger partial charge in [-0.25, -0.2) is 0 Å². The lowest BCUT2D eigenvalue weighted by Gasteiger charge is -2.66. The normalized spacial score (nSPS) is 41.2. The van der Waals surface area contributed by atoms with E-state index in [2.05, 4.69) is 20.8 Å². The van der Waals surface area contributed by atoms with E-state index in [4.69, 9.17) is 4.74 Å². The highest BCUT2D eigenvalue weighted by Gasteiger charge is 2.74. The van der Waals surface area contributed by atoms with Gasteiger partial charge in [-0.2, -0.15) is 0 Å². The van der Waals surface area contributed by atoms with Crippen molar-refractivity contribution in [2.24, 2.45) is 11.3 Å². The molecule has 5 heterocycles. The fraction of sp³-hybridized carbons (Fsp3) is 0.793. The largest absolute Gasteiger partial charge is 0.504 e. The molecule has 2 spiro atoms. The molecular weight excluding hydrogens is 422 g/mol. The Morgan fingerprint density at radius 1 is 0.912 bits per heavy atom. The summed E-state index contributed by atoms with van der Waals surface area (Å²) in [6.07, 6.45) is 13.6. The Morgan fingerprint density at radius 2 is 1.76 bits per heavy atom. The van der Waals surface area contributed by atoms with Gasteiger partial charge in [0.2, 0.25) is 0 Å². The molecule has 5 aliphatic heterocycles. The number of nitrogens with zero attached hydrogens (tertiary/aromatic N) is 3. The van der Waals surface area contributed by atoms with Crippen LogP contribution in [-0.4, -0.2) is 83.8 Å². The van der Waals surface area contributed by atoms with E-state index in [0.717, 1.165) is 18.1 Å². The average Bonchev–Trinajstić information content (AvgIpc) is 3.65. The topological polar surface area (TPSA) is 39.2 Å². The summed E-state index contributed by atoms with van der Waals surface area (Å²) >= 11 is 0. The van der Waals surface area contributed by atoms with Crippen LogP contribution in [0.4, 0.5) is 0 Å². The molecule has 184 valence electrons. The Labute approximate surface area is 204 Å². The molecular formula is C29H41N3O2. The summed E-state index contributed by atoms with van der Waals surface area (Å²) in [5, 5.41) is 10.9. The molecule has 0 aromatic heterocycles. The molecule has 34 heavy (non-hydrogen) atoms. The molecule has 3 aliphatic carbocycles. The SMILES string of the molecule is Oc1ccc2c3c1O[C@H]1[C@H]4CC[C@@]5(CCN4CCN4CCCCC4)[C@@H](C2)N(CC2CC2)CC[C@]315. The average molecular weight is 464 g/mol. The molecule has 1 N–H and O–H groups in total. The number of likely N-dealkylation sites (tertiary alicyclic amines) is 2. The van der Waals surface area contributed by atoms with Gasteiger partial charge in [0.25, 0.3) is 0 Å². The van der Waals surface area contributed by atoms with Gasteiger partial charge in [-0.3, -0.25) is 9.80 Å². The van der Waals surface area contributed by atoms with E-state index in [1.165, 1.54) is 115 Å². The van der Waals surface area contributed by atoms with E-state index in [0.29, 0.717) is 23.2 Å². The number of rotatable bonds is 5. The van der Waals surface area contributed by atoms with Crippen molar-refractivity contribution in [3.8, 4) is 11.5 Å². The van der Waals surface area contributed by atoms with Crippen molar-refractivity contribution in [3.05, 3.63) is 23.3 Å².